The van der Waals surface area contributed by atoms with Crippen molar-refractivity contribution in [3.05, 3.63) is 94.4 Å². The van der Waals surface area contributed by atoms with Crippen LogP contribution in [0.5, 0.6) is 0 Å². The molecule has 2 N–H and O–H groups in total. The van der Waals surface area contributed by atoms with Gasteiger partial charge in [-0.15, -0.1) is 0 Å². The molecule has 2 fully saturated rings. The van der Waals surface area contributed by atoms with Crippen LogP contribution in [0.25, 0.3) is 11.1 Å². The normalized spacial score (nSPS) is 17.4. The Morgan fingerprint density at radius 1 is 0.837 bits per heavy atom. The predicted molar refractivity (Wildman–Crippen MR) is 162 cm³/mol. The number of carbonyl (C=O) groups excluding carboxylic acids is 2. The number of piperidine rings is 1. The van der Waals surface area contributed by atoms with Gasteiger partial charge >= 0.3 is 6.09 Å². The number of hydrogen-bond donors (Lipinski definition) is 2. The summed E-state index contributed by atoms with van der Waals surface area (Å²) in [4.78, 5) is 56.1. The van der Waals surface area contributed by atoms with Crippen LogP contribution in [-0.2, 0) is 11.3 Å². The van der Waals surface area contributed by atoms with Crippen molar-refractivity contribution in [1.82, 2.24) is 19.3 Å². The van der Waals surface area contributed by atoms with Crippen molar-refractivity contribution < 1.29 is 24.6 Å². The number of carboxylic acid groups (broad SMARTS) is 1. The van der Waals surface area contributed by atoms with E-state index in [1.54, 1.807) is 9.80 Å². The number of amides is 3. The van der Waals surface area contributed by atoms with Gasteiger partial charge in [0.1, 0.15) is 0 Å². The van der Waals surface area contributed by atoms with Gasteiger partial charge in [0, 0.05) is 63.5 Å². The fourth-order valence-electron chi connectivity index (χ4n) is 5.93. The van der Waals surface area contributed by atoms with Crippen LogP contribution in [0.3, 0.4) is 0 Å². The summed E-state index contributed by atoms with van der Waals surface area (Å²) in [6.07, 6.45) is 1.51. The van der Waals surface area contributed by atoms with E-state index in [2.05, 4.69) is 0 Å². The summed E-state index contributed by atoms with van der Waals surface area (Å²) in [7, 11) is 0. The fourth-order valence-corrected chi connectivity index (χ4v) is 5.93. The first-order chi connectivity index (χ1) is 20.6. The van der Waals surface area contributed by atoms with Gasteiger partial charge in [-0.25, -0.2) is 4.79 Å². The van der Waals surface area contributed by atoms with Crippen molar-refractivity contribution in [2.75, 3.05) is 39.3 Å². The minimum Gasteiger partial charge on any atom is -0.465 e. The first-order valence-electron chi connectivity index (χ1n) is 14.8. The number of benzene rings is 2. The van der Waals surface area contributed by atoms with Gasteiger partial charge in [-0.1, -0.05) is 67.6 Å². The fraction of sp³-hybridized carbons (Fsp3) is 0.394. The molecule has 0 saturated carbocycles. The molecule has 2 aliphatic heterocycles. The third-order valence-corrected chi connectivity index (χ3v) is 8.64. The summed E-state index contributed by atoms with van der Waals surface area (Å²) < 4.78 is 1.39. The molecule has 0 bridgehead atoms. The zero-order chi connectivity index (χ0) is 30.6. The van der Waals surface area contributed by atoms with Gasteiger partial charge in [0.25, 0.3) is 11.5 Å². The van der Waals surface area contributed by atoms with Crippen molar-refractivity contribution in [1.29, 1.82) is 0 Å². The number of carbonyl (C=O) groups is 3. The molecule has 0 radical (unpaired) electrons. The first kappa shape index (κ1) is 30.0. The van der Waals surface area contributed by atoms with Crippen LogP contribution in [-0.4, -0.2) is 92.3 Å². The van der Waals surface area contributed by atoms with Crippen molar-refractivity contribution >= 4 is 17.9 Å². The largest absolute Gasteiger partial charge is 0.465 e. The zero-order valence-corrected chi connectivity index (χ0v) is 24.4. The van der Waals surface area contributed by atoms with Crippen LogP contribution < -0.4 is 5.56 Å². The van der Waals surface area contributed by atoms with Crippen LogP contribution in [0.1, 0.15) is 48.0 Å². The number of hydrogen-bond acceptors (Lipinski definition) is 5. The van der Waals surface area contributed by atoms with Gasteiger partial charge in [0.15, 0.2) is 0 Å². The van der Waals surface area contributed by atoms with Crippen molar-refractivity contribution in [3.8, 4) is 11.1 Å². The first-order valence-corrected chi connectivity index (χ1v) is 14.8. The summed E-state index contributed by atoms with van der Waals surface area (Å²) in [6.45, 7) is 3.70. The highest BCUT2D eigenvalue weighted by Crippen LogP contribution is 2.28. The van der Waals surface area contributed by atoms with Crippen LogP contribution in [0, 0.1) is 0 Å². The molecule has 2 aromatic carbocycles. The third-order valence-electron chi connectivity index (χ3n) is 8.64. The average molecular weight is 587 g/mol. The minimum atomic E-state index is -1.21. The van der Waals surface area contributed by atoms with Crippen LogP contribution >= 0.6 is 0 Å². The lowest BCUT2D eigenvalue weighted by Gasteiger charge is -2.39. The highest BCUT2D eigenvalue weighted by Gasteiger charge is 2.35. The number of nitrogens with zero attached hydrogens (tertiary/aromatic N) is 4. The maximum Gasteiger partial charge on any atom is 0.407 e. The predicted octanol–water partition coefficient (Wildman–Crippen LogP) is 3.50. The number of rotatable bonds is 7. The maximum absolute atomic E-state index is 13.8. The second-order valence-corrected chi connectivity index (χ2v) is 11.6. The topological polar surface area (TPSA) is 123 Å². The van der Waals surface area contributed by atoms with E-state index in [0.29, 0.717) is 43.5 Å². The Hall–Kier alpha value is -4.44. The molecule has 2 saturated heterocycles. The van der Waals surface area contributed by atoms with Crippen molar-refractivity contribution in [2.45, 2.75) is 44.2 Å². The summed E-state index contributed by atoms with van der Waals surface area (Å²) in [6, 6.07) is 20.5. The van der Waals surface area contributed by atoms with E-state index < -0.39 is 11.7 Å². The molecule has 10 heteroatoms. The Morgan fingerprint density at radius 2 is 1.42 bits per heavy atom. The molecular weight excluding hydrogens is 548 g/mol. The van der Waals surface area contributed by atoms with E-state index in [4.69, 9.17) is 0 Å². The second kappa shape index (κ2) is 12.8. The number of piperazine rings is 1. The van der Waals surface area contributed by atoms with E-state index in [0.717, 1.165) is 11.1 Å². The lowest BCUT2D eigenvalue weighted by atomic mass is 9.90. The smallest absolute Gasteiger partial charge is 0.407 e. The Labute approximate surface area is 250 Å². The van der Waals surface area contributed by atoms with Gasteiger partial charge in [0.2, 0.25) is 5.91 Å². The van der Waals surface area contributed by atoms with E-state index in [9.17, 15) is 29.4 Å². The van der Waals surface area contributed by atoms with Gasteiger partial charge in [-0.05, 0) is 29.9 Å². The number of pyridine rings is 1. The van der Waals surface area contributed by atoms with Crippen LogP contribution in [0.4, 0.5) is 4.79 Å². The third kappa shape index (κ3) is 6.97. The van der Waals surface area contributed by atoms with Crippen LogP contribution in [0.2, 0.25) is 0 Å². The standard InChI is InChI=1S/C33H38N4O6/c1-24(25-8-4-2-5-9-25)20-29(38)34-14-12-33(43,13-15-34)23-37-22-28(27(21-30(37)39)26-10-6-3-7-11-26)31(40)35-16-18-36(19-17-35)32(41)42/h2-11,21-22,24,43H,12-20,23H2,1H3,(H,41,42). The van der Waals surface area contributed by atoms with E-state index in [-0.39, 0.29) is 56.0 Å². The zero-order valence-electron chi connectivity index (χ0n) is 24.4. The molecule has 5 rings (SSSR count). The highest BCUT2D eigenvalue weighted by atomic mass is 16.4. The summed E-state index contributed by atoms with van der Waals surface area (Å²) in [5.74, 6) is -0.171. The van der Waals surface area contributed by atoms with Gasteiger partial charge in [-0.2, -0.15) is 0 Å². The number of aromatic nitrogens is 1. The monoisotopic (exact) mass is 586 g/mol. The van der Waals surface area contributed by atoms with Crippen molar-refractivity contribution in [3.63, 3.8) is 0 Å². The Kier molecular flexibility index (Phi) is 8.96. The molecule has 0 aliphatic carbocycles. The van der Waals surface area contributed by atoms with E-state index in [1.807, 2.05) is 67.6 Å². The minimum absolute atomic E-state index is 0.00355. The molecule has 3 amide bonds. The molecule has 43 heavy (non-hydrogen) atoms. The summed E-state index contributed by atoms with van der Waals surface area (Å²) in [5.41, 5.74) is 1.09. The molecule has 0 spiro atoms. The van der Waals surface area contributed by atoms with E-state index >= 15 is 0 Å². The average Bonchev–Trinajstić information content (AvgIpc) is 3.02. The molecule has 2 aliphatic rings. The summed E-state index contributed by atoms with van der Waals surface area (Å²) >= 11 is 0. The molecule has 1 atom stereocenters. The number of likely N-dealkylation sites (tertiary alicyclic amines) is 1. The SMILES string of the molecule is CC(CC(=O)N1CCC(O)(Cn2cc(C(=O)N3CCN(C(=O)O)CC3)c(-c3ccccc3)cc2=O)CC1)c1ccccc1. The Morgan fingerprint density at radius 3 is 2.02 bits per heavy atom. The molecule has 10 nitrogen and oxygen atoms in total. The molecule has 1 aromatic heterocycles. The molecular formula is C33H38N4O6. The lowest BCUT2D eigenvalue weighted by Crippen LogP contribution is -2.51. The molecule has 1 unspecified atom stereocenters. The molecule has 3 aromatic rings. The highest BCUT2D eigenvalue weighted by molar-refractivity contribution is 6.00. The quantitative estimate of drug-likeness (QED) is 0.437. The van der Waals surface area contributed by atoms with Crippen molar-refractivity contribution in [2.24, 2.45) is 0 Å². The van der Waals surface area contributed by atoms with E-state index in [1.165, 1.54) is 21.7 Å². The molecule has 3 heterocycles. The molecule has 226 valence electrons. The Bertz CT molecular complexity index is 1510. The van der Waals surface area contributed by atoms with Gasteiger partial charge in [0.05, 0.1) is 17.7 Å². The lowest BCUT2D eigenvalue weighted by molar-refractivity contribution is -0.136. The Balaban J connectivity index is 1.31. The van der Waals surface area contributed by atoms with Gasteiger partial charge in [-0.3, -0.25) is 14.4 Å². The number of aliphatic hydroxyl groups is 1. The maximum atomic E-state index is 13.8. The van der Waals surface area contributed by atoms with Gasteiger partial charge < -0.3 is 29.5 Å². The van der Waals surface area contributed by atoms with Crippen LogP contribution in [0.15, 0.2) is 77.7 Å². The summed E-state index contributed by atoms with van der Waals surface area (Å²) in [5, 5.41) is 20.8. The second-order valence-electron chi connectivity index (χ2n) is 11.6.